The van der Waals surface area contributed by atoms with E-state index in [0.717, 1.165) is 45.4 Å². The summed E-state index contributed by atoms with van der Waals surface area (Å²) in [6.45, 7) is 4.08. The van der Waals surface area contributed by atoms with Crippen molar-refractivity contribution in [3.63, 3.8) is 0 Å². The molecule has 35 heavy (non-hydrogen) atoms. The van der Waals surface area contributed by atoms with Gasteiger partial charge in [-0.2, -0.15) is 0 Å². The molecule has 3 aliphatic rings. The largest absolute Gasteiger partial charge is 0.507 e. The number of Topliss-reactive ketones (excluding diaryl/α,β-unsaturated/α-hetero) is 2. The van der Waals surface area contributed by atoms with E-state index >= 15 is 0 Å². The molecule has 1 N–H and O–H groups in total. The highest BCUT2D eigenvalue weighted by molar-refractivity contribution is 6.34. The van der Waals surface area contributed by atoms with Crippen LogP contribution in [0.15, 0.2) is 89.9 Å². The molecule has 4 nitrogen and oxygen atoms in total. The summed E-state index contributed by atoms with van der Waals surface area (Å²) < 4.78 is 5.82. The van der Waals surface area contributed by atoms with E-state index in [1.54, 1.807) is 0 Å². The molecule has 0 radical (unpaired) electrons. The van der Waals surface area contributed by atoms with Gasteiger partial charge in [-0.05, 0) is 48.1 Å². The van der Waals surface area contributed by atoms with Gasteiger partial charge in [-0.25, -0.2) is 0 Å². The van der Waals surface area contributed by atoms with Gasteiger partial charge in [0, 0.05) is 5.57 Å². The molecule has 2 aliphatic carbocycles. The van der Waals surface area contributed by atoms with E-state index in [4.69, 9.17) is 4.74 Å². The molecule has 1 saturated carbocycles. The highest BCUT2D eigenvalue weighted by atomic mass is 16.5. The summed E-state index contributed by atoms with van der Waals surface area (Å²) in [5.41, 5.74) is 8.38. The Labute approximate surface area is 203 Å². The maximum Gasteiger partial charge on any atom is 0.200 e. The second-order valence-corrected chi connectivity index (χ2v) is 9.49. The van der Waals surface area contributed by atoms with E-state index in [2.05, 4.69) is 12.1 Å². The predicted molar refractivity (Wildman–Crippen MR) is 135 cm³/mol. The van der Waals surface area contributed by atoms with Gasteiger partial charge >= 0.3 is 0 Å². The van der Waals surface area contributed by atoms with E-state index in [9.17, 15) is 14.7 Å². The number of ketones is 2. The zero-order chi connectivity index (χ0) is 24.3. The van der Waals surface area contributed by atoms with Crippen molar-refractivity contribution < 1.29 is 19.4 Å². The number of rotatable bonds is 1. The molecule has 3 aromatic carbocycles. The summed E-state index contributed by atoms with van der Waals surface area (Å²) >= 11 is 0. The average Bonchev–Trinajstić information content (AvgIpc) is 2.83. The summed E-state index contributed by atoms with van der Waals surface area (Å²) in [6, 6.07) is 21.6. The van der Waals surface area contributed by atoms with Gasteiger partial charge in [-0.15, -0.1) is 0 Å². The Balaban J connectivity index is 1.59. The van der Waals surface area contributed by atoms with Crippen molar-refractivity contribution in [1.29, 1.82) is 0 Å². The Morgan fingerprint density at radius 2 is 1.46 bits per heavy atom. The van der Waals surface area contributed by atoms with E-state index in [1.165, 1.54) is 6.26 Å². The molecule has 0 aromatic heterocycles. The second-order valence-electron chi connectivity index (χ2n) is 9.49. The monoisotopic (exact) mass is 460 g/mol. The van der Waals surface area contributed by atoms with Gasteiger partial charge in [-0.3, -0.25) is 9.59 Å². The zero-order valence-corrected chi connectivity index (χ0v) is 19.6. The number of carbonyl (C=O) groups excluding carboxylic acids is 2. The molecule has 0 bridgehead atoms. The summed E-state index contributed by atoms with van der Waals surface area (Å²) in [4.78, 5) is 27.5. The smallest absolute Gasteiger partial charge is 0.200 e. The van der Waals surface area contributed by atoms with Crippen LogP contribution >= 0.6 is 0 Å². The second kappa shape index (κ2) is 7.95. The lowest BCUT2D eigenvalue weighted by molar-refractivity contribution is -0.124. The number of aryl methyl sites for hydroxylation is 2. The number of benzene rings is 3. The van der Waals surface area contributed by atoms with E-state index in [0.29, 0.717) is 11.1 Å². The molecular formula is C31H24O4. The number of aliphatic hydroxyl groups excluding tert-OH is 1. The van der Waals surface area contributed by atoms with Crippen molar-refractivity contribution in [3.8, 4) is 0 Å². The number of aliphatic hydroxyl groups is 1. The molecular weight excluding hydrogens is 436 g/mol. The molecule has 3 aromatic rings. The molecule has 1 unspecified atom stereocenters. The van der Waals surface area contributed by atoms with Crippen molar-refractivity contribution in [2.75, 3.05) is 0 Å². The summed E-state index contributed by atoms with van der Waals surface area (Å²) in [6.07, 6.45) is 1.41. The summed E-state index contributed by atoms with van der Waals surface area (Å²) in [5.74, 6) is -0.838. The van der Waals surface area contributed by atoms with Crippen LogP contribution in [0.2, 0.25) is 0 Å². The van der Waals surface area contributed by atoms with Gasteiger partial charge in [0.1, 0.15) is 11.9 Å². The van der Waals surface area contributed by atoms with Crippen LogP contribution < -0.4 is 0 Å². The molecule has 172 valence electrons. The van der Waals surface area contributed by atoms with Crippen molar-refractivity contribution in [1.82, 2.24) is 0 Å². The van der Waals surface area contributed by atoms with E-state index < -0.39 is 11.9 Å². The van der Waals surface area contributed by atoms with Gasteiger partial charge in [0.05, 0.1) is 29.4 Å². The van der Waals surface area contributed by atoms with Crippen LogP contribution in [0.5, 0.6) is 0 Å². The first-order chi connectivity index (χ1) is 16.9. The maximum atomic E-state index is 14.0. The van der Waals surface area contributed by atoms with E-state index in [1.807, 2.05) is 68.4 Å². The van der Waals surface area contributed by atoms with E-state index in [-0.39, 0.29) is 29.1 Å². The Morgan fingerprint density at radius 1 is 0.829 bits per heavy atom. The van der Waals surface area contributed by atoms with Crippen molar-refractivity contribution in [3.05, 3.63) is 129 Å². The molecule has 6 rings (SSSR count). The lowest BCUT2D eigenvalue weighted by atomic mass is 9.73. The first-order valence-electron chi connectivity index (χ1n) is 11.8. The van der Waals surface area contributed by atoms with Gasteiger partial charge in [0.15, 0.2) is 5.78 Å². The quantitative estimate of drug-likeness (QED) is 0.288. The first-order valence-corrected chi connectivity index (χ1v) is 11.8. The fourth-order valence-corrected chi connectivity index (χ4v) is 5.43. The first kappa shape index (κ1) is 21.4. The Kier molecular flexibility index (Phi) is 4.85. The molecule has 1 fully saturated rings. The van der Waals surface area contributed by atoms with Crippen LogP contribution in [-0.2, 0) is 20.7 Å². The van der Waals surface area contributed by atoms with Crippen LogP contribution in [0.25, 0.3) is 11.1 Å². The number of hydrogen-bond acceptors (Lipinski definition) is 4. The van der Waals surface area contributed by atoms with Crippen LogP contribution in [0, 0.1) is 13.8 Å². The standard InChI is InChI=1S/C31H24O4/c1-17-8-10-22-20(12-17)14-21-13-18(2)9-11-23(21)27(22)28-25(32)15-26-29(31(28)34)30(33)24(16-35-26)19-6-4-3-5-7-19/h3-13,16,26,33H,14-15H2,1-2H3. The minimum atomic E-state index is -0.787. The molecule has 0 saturated heterocycles. The van der Waals surface area contributed by atoms with Crippen LogP contribution in [-0.4, -0.2) is 22.8 Å². The third kappa shape index (κ3) is 3.36. The molecule has 4 heteroatoms. The van der Waals surface area contributed by atoms with Crippen LogP contribution in [0.1, 0.15) is 45.4 Å². The van der Waals surface area contributed by atoms with Crippen LogP contribution in [0.4, 0.5) is 0 Å². The number of carbonyl (C=O) groups is 2. The van der Waals surface area contributed by atoms with Crippen molar-refractivity contribution in [2.24, 2.45) is 0 Å². The highest BCUT2D eigenvalue weighted by Crippen LogP contribution is 2.43. The zero-order valence-electron chi connectivity index (χ0n) is 19.6. The van der Waals surface area contributed by atoms with Gasteiger partial charge < -0.3 is 9.84 Å². The minimum Gasteiger partial charge on any atom is -0.507 e. The molecule has 1 heterocycles. The molecule has 1 atom stereocenters. The van der Waals surface area contributed by atoms with Gasteiger partial charge in [0.2, 0.25) is 5.78 Å². The summed E-state index contributed by atoms with van der Waals surface area (Å²) in [5, 5.41) is 11.2. The number of hydrogen-bond donors (Lipinski definition) is 1. The lowest BCUT2D eigenvalue weighted by Crippen LogP contribution is -2.37. The summed E-state index contributed by atoms with van der Waals surface area (Å²) in [7, 11) is 0. The van der Waals surface area contributed by atoms with Gasteiger partial charge in [0.25, 0.3) is 0 Å². The van der Waals surface area contributed by atoms with Gasteiger partial charge in [-0.1, -0.05) is 77.9 Å². The lowest BCUT2D eigenvalue weighted by Gasteiger charge is -2.32. The molecule has 0 spiro atoms. The molecule has 1 aliphatic heterocycles. The Morgan fingerprint density at radius 3 is 2.09 bits per heavy atom. The van der Waals surface area contributed by atoms with Crippen molar-refractivity contribution >= 4 is 22.7 Å². The predicted octanol–water partition coefficient (Wildman–Crippen LogP) is 5.80. The average molecular weight is 461 g/mol. The third-order valence-electron chi connectivity index (χ3n) is 7.08. The number of ether oxygens (including phenoxy) is 1. The topological polar surface area (TPSA) is 63.6 Å². The van der Waals surface area contributed by atoms with Crippen molar-refractivity contribution in [2.45, 2.75) is 32.8 Å². The fraction of sp³-hybridized carbons (Fsp3) is 0.161. The van der Waals surface area contributed by atoms with Crippen LogP contribution in [0.3, 0.4) is 0 Å². The fourth-order valence-electron chi connectivity index (χ4n) is 5.43. The SMILES string of the molecule is Cc1ccc2c(c1)Cc1cc(C)ccc1C2=C1C(=O)CC2OC=C(c3ccccc3)C(O)=C2C1=O. The number of allylic oxidation sites excluding steroid dienone is 2. The molecule has 0 amide bonds. The maximum absolute atomic E-state index is 14.0. The Hall–Kier alpha value is -4.18. The Bertz CT molecular complexity index is 1470. The number of fused-ring (bicyclic) bond motifs is 3. The third-order valence-corrected chi connectivity index (χ3v) is 7.08. The normalized spacial score (nSPS) is 19.0. The minimum absolute atomic E-state index is 0.00489. The highest BCUT2D eigenvalue weighted by Gasteiger charge is 2.43.